The zero-order valence-corrected chi connectivity index (χ0v) is 14.3. The minimum atomic E-state index is 0.279. The molecular weight excluding hydrogens is 276 g/mol. The van der Waals surface area contributed by atoms with Gasteiger partial charge in [-0.1, -0.05) is 25.5 Å². The van der Waals surface area contributed by atoms with Crippen molar-refractivity contribution in [2.24, 2.45) is 17.3 Å². The molecule has 4 rings (SSSR count). The topological polar surface area (TPSA) is 32.8 Å². The van der Waals surface area contributed by atoms with Gasteiger partial charge in [-0.05, 0) is 30.1 Å². The maximum absolute atomic E-state index is 12.2. The SMILES string of the molecule is COCCN1CCN(CC2=CC[C@H]3C[C@@H]2C3(C)C)CCC1=O. The largest absolute Gasteiger partial charge is 0.383 e. The van der Waals surface area contributed by atoms with Crippen LogP contribution < -0.4 is 0 Å². The van der Waals surface area contributed by atoms with E-state index in [0.717, 1.165) is 44.6 Å². The number of fused-ring (bicyclic) bond motifs is 1. The molecule has 1 amide bonds. The highest BCUT2D eigenvalue weighted by atomic mass is 16.5. The summed E-state index contributed by atoms with van der Waals surface area (Å²) in [6.07, 6.45) is 5.77. The van der Waals surface area contributed by atoms with Gasteiger partial charge in [-0.3, -0.25) is 9.69 Å². The lowest BCUT2D eigenvalue weighted by Crippen LogP contribution is -2.50. The number of carbonyl (C=O) groups excluding carboxylic acids is 1. The third kappa shape index (κ3) is 2.95. The van der Waals surface area contributed by atoms with Crippen LogP contribution in [0, 0.1) is 17.3 Å². The van der Waals surface area contributed by atoms with Crippen molar-refractivity contribution in [2.75, 3.05) is 46.4 Å². The van der Waals surface area contributed by atoms with E-state index in [2.05, 4.69) is 24.8 Å². The molecule has 4 nitrogen and oxygen atoms in total. The standard InChI is InChI=1S/C18H30N2O2/c1-18(2)15-5-4-14(16(18)12-15)13-19-7-6-17(21)20(9-8-19)10-11-22-3/h4,15-16H,5-13H2,1-3H3/t15-,16-/m0/s1. The zero-order valence-electron chi connectivity index (χ0n) is 14.3. The summed E-state index contributed by atoms with van der Waals surface area (Å²) in [7, 11) is 1.69. The van der Waals surface area contributed by atoms with Crippen molar-refractivity contribution in [1.82, 2.24) is 9.80 Å². The molecule has 1 saturated carbocycles. The molecule has 0 aromatic carbocycles. The van der Waals surface area contributed by atoms with Crippen molar-refractivity contribution in [3.05, 3.63) is 11.6 Å². The van der Waals surface area contributed by atoms with Gasteiger partial charge in [0, 0.05) is 46.3 Å². The molecule has 0 aromatic rings. The van der Waals surface area contributed by atoms with Crippen LogP contribution in [0.3, 0.4) is 0 Å². The number of carbonyl (C=O) groups is 1. The number of hydrogen-bond donors (Lipinski definition) is 0. The summed E-state index contributed by atoms with van der Waals surface area (Å²) >= 11 is 0. The second-order valence-corrected chi connectivity index (χ2v) is 7.72. The van der Waals surface area contributed by atoms with E-state index in [0.29, 0.717) is 18.4 Å². The molecule has 0 N–H and O–H groups in total. The van der Waals surface area contributed by atoms with Crippen molar-refractivity contribution < 1.29 is 9.53 Å². The molecule has 2 bridgehead atoms. The number of ether oxygens (including phenoxy) is 1. The molecule has 0 aromatic heterocycles. The smallest absolute Gasteiger partial charge is 0.223 e. The quantitative estimate of drug-likeness (QED) is 0.730. The molecule has 2 atom stereocenters. The monoisotopic (exact) mass is 306 g/mol. The van der Waals surface area contributed by atoms with Crippen LogP contribution in [-0.4, -0.2) is 62.1 Å². The fourth-order valence-electron chi connectivity index (χ4n) is 4.42. The molecule has 4 aliphatic rings. The van der Waals surface area contributed by atoms with Gasteiger partial charge in [-0.25, -0.2) is 0 Å². The Labute approximate surface area is 134 Å². The van der Waals surface area contributed by atoms with E-state index in [1.807, 2.05) is 4.90 Å². The molecule has 3 aliphatic carbocycles. The fourth-order valence-corrected chi connectivity index (χ4v) is 4.42. The molecule has 1 aliphatic heterocycles. The first-order chi connectivity index (χ1) is 10.5. The van der Waals surface area contributed by atoms with E-state index in [4.69, 9.17) is 4.74 Å². The van der Waals surface area contributed by atoms with Crippen molar-refractivity contribution in [2.45, 2.75) is 33.1 Å². The van der Waals surface area contributed by atoms with Gasteiger partial charge in [-0.15, -0.1) is 0 Å². The van der Waals surface area contributed by atoms with E-state index in [9.17, 15) is 4.79 Å². The van der Waals surface area contributed by atoms with Crippen molar-refractivity contribution in [3.8, 4) is 0 Å². The normalized spacial score (nSPS) is 31.5. The number of amides is 1. The van der Waals surface area contributed by atoms with Crippen LogP contribution in [0.15, 0.2) is 11.6 Å². The maximum Gasteiger partial charge on any atom is 0.223 e. The molecule has 4 heteroatoms. The number of methoxy groups -OCH3 is 1. The molecule has 0 radical (unpaired) electrons. The summed E-state index contributed by atoms with van der Waals surface area (Å²) in [5.41, 5.74) is 2.13. The van der Waals surface area contributed by atoms with Gasteiger partial charge in [0.05, 0.1) is 6.61 Å². The Morgan fingerprint density at radius 3 is 2.82 bits per heavy atom. The Bertz CT molecular complexity index is 458. The summed E-state index contributed by atoms with van der Waals surface area (Å²) < 4.78 is 5.11. The predicted molar refractivity (Wildman–Crippen MR) is 87.6 cm³/mol. The predicted octanol–water partition coefficient (Wildman–Crippen LogP) is 2.16. The van der Waals surface area contributed by atoms with E-state index in [-0.39, 0.29) is 5.91 Å². The third-order valence-corrected chi connectivity index (χ3v) is 6.23. The first kappa shape index (κ1) is 16.0. The lowest BCUT2D eigenvalue weighted by molar-refractivity contribution is -0.130. The second kappa shape index (κ2) is 6.32. The molecule has 1 saturated heterocycles. The van der Waals surface area contributed by atoms with Crippen molar-refractivity contribution >= 4 is 5.91 Å². The molecular formula is C18H30N2O2. The molecule has 2 fully saturated rings. The van der Waals surface area contributed by atoms with Crippen LogP contribution in [0.2, 0.25) is 0 Å². The minimum Gasteiger partial charge on any atom is -0.383 e. The van der Waals surface area contributed by atoms with Gasteiger partial charge in [0.25, 0.3) is 0 Å². The first-order valence-electron chi connectivity index (χ1n) is 8.70. The van der Waals surface area contributed by atoms with Crippen LogP contribution in [0.5, 0.6) is 0 Å². The summed E-state index contributed by atoms with van der Waals surface area (Å²) in [4.78, 5) is 16.6. The number of allylic oxidation sites excluding steroid dienone is 1. The van der Waals surface area contributed by atoms with Gasteiger partial charge >= 0.3 is 0 Å². The zero-order chi connectivity index (χ0) is 15.7. The number of nitrogens with zero attached hydrogens (tertiary/aromatic N) is 2. The van der Waals surface area contributed by atoms with E-state index in [1.165, 1.54) is 12.8 Å². The average molecular weight is 306 g/mol. The van der Waals surface area contributed by atoms with E-state index >= 15 is 0 Å². The average Bonchev–Trinajstić information content (AvgIpc) is 2.68. The van der Waals surface area contributed by atoms with Crippen LogP contribution in [-0.2, 0) is 9.53 Å². The third-order valence-electron chi connectivity index (χ3n) is 6.23. The van der Waals surface area contributed by atoms with Crippen LogP contribution in [0.25, 0.3) is 0 Å². The molecule has 0 spiro atoms. The number of hydrogen-bond acceptors (Lipinski definition) is 3. The van der Waals surface area contributed by atoms with Gasteiger partial charge < -0.3 is 9.64 Å². The maximum atomic E-state index is 12.2. The van der Waals surface area contributed by atoms with Gasteiger partial charge in [0.15, 0.2) is 0 Å². The van der Waals surface area contributed by atoms with Crippen LogP contribution in [0.4, 0.5) is 0 Å². The summed E-state index contributed by atoms with van der Waals surface area (Å²) in [6.45, 7) is 10.0. The molecule has 22 heavy (non-hydrogen) atoms. The Morgan fingerprint density at radius 2 is 2.14 bits per heavy atom. The van der Waals surface area contributed by atoms with Crippen LogP contribution >= 0.6 is 0 Å². The Hall–Kier alpha value is -0.870. The fraction of sp³-hybridized carbons (Fsp3) is 0.833. The van der Waals surface area contributed by atoms with Crippen molar-refractivity contribution in [1.29, 1.82) is 0 Å². The Balaban J connectivity index is 1.56. The van der Waals surface area contributed by atoms with E-state index < -0.39 is 0 Å². The second-order valence-electron chi connectivity index (χ2n) is 7.72. The Morgan fingerprint density at radius 1 is 1.32 bits per heavy atom. The summed E-state index contributed by atoms with van der Waals surface area (Å²) in [5.74, 6) is 1.95. The van der Waals surface area contributed by atoms with Gasteiger partial charge in [0.2, 0.25) is 5.91 Å². The Kier molecular flexibility index (Phi) is 4.60. The first-order valence-corrected chi connectivity index (χ1v) is 8.70. The van der Waals surface area contributed by atoms with Gasteiger partial charge in [0.1, 0.15) is 0 Å². The summed E-state index contributed by atoms with van der Waals surface area (Å²) in [6, 6.07) is 0. The summed E-state index contributed by atoms with van der Waals surface area (Å²) in [5, 5.41) is 0. The van der Waals surface area contributed by atoms with E-state index in [1.54, 1.807) is 12.7 Å². The lowest BCUT2D eigenvalue weighted by atomic mass is 9.49. The van der Waals surface area contributed by atoms with Gasteiger partial charge in [-0.2, -0.15) is 0 Å². The highest BCUT2D eigenvalue weighted by molar-refractivity contribution is 5.76. The highest BCUT2D eigenvalue weighted by Gasteiger charge is 2.51. The molecule has 0 unspecified atom stereocenters. The lowest BCUT2D eigenvalue weighted by Gasteiger charge is -2.57. The highest BCUT2D eigenvalue weighted by Crippen LogP contribution is 2.59. The number of rotatable bonds is 5. The minimum absolute atomic E-state index is 0.279. The molecule has 1 heterocycles. The van der Waals surface area contributed by atoms with Crippen molar-refractivity contribution in [3.63, 3.8) is 0 Å². The van der Waals surface area contributed by atoms with Crippen LogP contribution in [0.1, 0.15) is 33.1 Å². The molecule has 124 valence electrons.